The minimum Gasteiger partial charge on any atom is -0.345 e. The Labute approximate surface area is 192 Å². The SMILES string of the molecule is Cc1ccc2c(c1)n(Cc1cccc(F)c1)c(=O)c1nc(C(=O)NCc3ccc(F)cc3)nn12. The summed E-state index contributed by atoms with van der Waals surface area (Å²) in [6.45, 7) is 2.18. The molecule has 0 aliphatic heterocycles. The summed E-state index contributed by atoms with van der Waals surface area (Å²) in [6.07, 6.45) is 0. The summed E-state index contributed by atoms with van der Waals surface area (Å²) in [5.41, 5.74) is 2.96. The van der Waals surface area contributed by atoms with Crippen molar-refractivity contribution in [1.29, 1.82) is 0 Å². The number of nitrogens with zero attached hydrogens (tertiary/aromatic N) is 4. The molecule has 0 saturated heterocycles. The van der Waals surface area contributed by atoms with Gasteiger partial charge in [0, 0.05) is 6.54 Å². The number of benzene rings is 3. The number of fused-ring (bicyclic) bond motifs is 3. The number of halogens is 2. The summed E-state index contributed by atoms with van der Waals surface area (Å²) >= 11 is 0. The lowest BCUT2D eigenvalue weighted by atomic mass is 10.2. The van der Waals surface area contributed by atoms with Crippen molar-refractivity contribution in [1.82, 2.24) is 24.5 Å². The van der Waals surface area contributed by atoms with E-state index < -0.39 is 17.3 Å². The first-order valence-corrected chi connectivity index (χ1v) is 10.6. The minimum atomic E-state index is -0.565. The average molecular weight is 459 g/mol. The number of carbonyl (C=O) groups excluding carboxylic acids is 1. The van der Waals surface area contributed by atoms with Gasteiger partial charge in [-0.1, -0.05) is 30.3 Å². The fourth-order valence-electron chi connectivity index (χ4n) is 3.81. The average Bonchev–Trinajstić information content (AvgIpc) is 3.27. The summed E-state index contributed by atoms with van der Waals surface area (Å²) in [6, 6.07) is 17.3. The lowest BCUT2D eigenvalue weighted by Crippen LogP contribution is -2.24. The third-order valence-corrected chi connectivity index (χ3v) is 5.49. The van der Waals surface area contributed by atoms with Crippen LogP contribution in [0.2, 0.25) is 0 Å². The van der Waals surface area contributed by atoms with Crippen LogP contribution < -0.4 is 10.9 Å². The zero-order chi connectivity index (χ0) is 23.8. The maximum Gasteiger partial charge on any atom is 0.296 e. The van der Waals surface area contributed by atoms with Gasteiger partial charge in [-0.05, 0) is 60.0 Å². The van der Waals surface area contributed by atoms with Gasteiger partial charge in [-0.2, -0.15) is 4.98 Å². The molecular formula is C25H19F2N5O2. The van der Waals surface area contributed by atoms with Crippen molar-refractivity contribution >= 4 is 22.6 Å². The highest BCUT2D eigenvalue weighted by Crippen LogP contribution is 2.17. The fraction of sp³-hybridized carbons (Fsp3) is 0.120. The highest BCUT2D eigenvalue weighted by atomic mass is 19.1. The van der Waals surface area contributed by atoms with E-state index in [-0.39, 0.29) is 30.4 Å². The second-order valence-corrected chi connectivity index (χ2v) is 7.99. The fourth-order valence-corrected chi connectivity index (χ4v) is 3.81. The van der Waals surface area contributed by atoms with Crippen LogP contribution >= 0.6 is 0 Å². The largest absolute Gasteiger partial charge is 0.345 e. The summed E-state index contributed by atoms with van der Waals surface area (Å²) in [4.78, 5) is 30.3. The van der Waals surface area contributed by atoms with Crippen molar-refractivity contribution in [3.8, 4) is 0 Å². The van der Waals surface area contributed by atoms with E-state index in [9.17, 15) is 18.4 Å². The predicted octanol–water partition coefficient (Wildman–Crippen LogP) is 3.61. The van der Waals surface area contributed by atoms with Crippen LogP contribution in [0.4, 0.5) is 8.78 Å². The Morgan fingerprint density at radius 3 is 2.50 bits per heavy atom. The van der Waals surface area contributed by atoms with Gasteiger partial charge in [0.05, 0.1) is 17.6 Å². The molecular weight excluding hydrogens is 440 g/mol. The third kappa shape index (κ3) is 4.03. The van der Waals surface area contributed by atoms with Gasteiger partial charge >= 0.3 is 0 Å². The van der Waals surface area contributed by atoms with Gasteiger partial charge < -0.3 is 5.32 Å². The van der Waals surface area contributed by atoms with E-state index in [1.54, 1.807) is 30.3 Å². The Morgan fingerprint density at radius 1 is 0.941 bits per heavy atom. The van der Waals surface area contributed by atoms with Gasteiger partial charge in [-0.15, -0.1) is 5.10 Å². The van der Waals surface area contributed by atoms with Crippen molar-refractivity contribution in [2.45, 2.75) is 20.0 Å². The van der Waals surface area contributed by atoms with Crippen LogP contribution in [-0.4, -0.2) is 25.1 Å². The van der Waals surface area contributed by atoms with Gasteiger partial charge in [-0.25, -0.2) is 13.3 Å². The van der Waals surface area contributed by atoms with Gasteiger partial charge in [0.15, 0.2) is 0 Å². The van der Waals surface area contributed by atoms with Gasteiger partial charge in [-0.3, -0.25) is 14.2 Å². The van der Waals surface area contributed by atoms with Crippen molar-refractivity contribution < 1.29 is 13.6 Å². The Morgan fingerprint density at radius 2 is 1.74 bits per heavy atom. The van der Waals surface area contributed by atoms with E-state index in [0.29, 0.717) is 22.2 Å². The Kier molecular flexibility index (Phi) is 5.37. The van der Waals surface area contributed by atoms with E-state index in [1.807, 2.05) is 19.1 Å². The molecule has 170 valence electrons. The first-order chi connectivity index (χ1) is 16.4. The normalized spacial score (nSPS) is 11.3. The van der Waals surface area contributed by atoms with Gasteiger partial charge in [0.2, 0.25) is 11.5 Å². The number of amides is 1. The zero-order valence-corrected chi connectivity index (χ0v) is 18.1. The van der Waals surface area contributed by atoms with E-state index in [4.69, 9.17) is 0 Å². The molecule has 0 aliphatic rings. The first-order valence-electron chi connectivity index (χ1n) is 10.6. The number of carbonyl (C=O) groups is 1. The Hall–Kier alpha value is -4.40. The lowest BCUT2D eigenvalue weighted by molar-refractivity contribution is 0.0941. The molecule has 9 heteroatoms. The van der Waals surface area contributed by atoms with Crippen LogP contribution in [-0.2, 0) is 13.1 Å². The van der Waals surface area contributed by atoms with E-state index >= 15 is 0 Å². The standard InChI is InChI=1S/C25H19F2N5O2/c1-15-5-10-20-21(11-15)31(14-17-3-2-4-19(27)12-17)25(34)23-29-22(30-32(20)23)24(33)28-13-16-6-8-18(26)9-7-16/h2-12H,13-14H2,1H3,(H,28,33). The molecule has 34 heavy (non-hydrogen) atoms. The number of hydrogen-bond donors (Lipinski definition) is 1. The maximum absolute atomic E-state index is 13.7. The molecule has 0 fully saturated rings. The molecule has 0 unspecified atom stereocenters. The molecule has 2 heterocycles. The minimum absolute atomic E-state index is 0.0142. The third-order valence-electron chi connectivity index (χ3n) is 5.49. The van der Waals surface area contributed by atoms with E-state index in [2.05, 4.69) is 15.4 Å². The highest BCUT2D eigenvalue weighted by Gasteiger charge is 2.19. The predicted molar refractivity (Wildman–Crippen MR) is 123 cm³/mol. The van der Waals surface area contributed by atoms with Crippen LogP contribution in [0.5, 0.6) is 0 Å². The number of hydrogen-bond acceptors (Lipinski definition) is 4. The number of nitrogens with one attached hydrogen (secondary N) is 1. The van der Waals surface area contributed by atoms with Crippen molar-refractivity contribution in [3.05, 3.63) is 111 Å². The Balaban J connectivity index is 1.56. The van der Waals surface area contributed by atoms with Crippen molar-refractivity contribution in [2.75, 3.05) is 0 Å². The number of rotatable bonds is 5. The molecule has 0 radical (unpaired) electrons. The molecule has 5 aromatic rings. The van der Waals surface area contributed by atoms with Gasteiger partial charge in [0.25, 0.3) is 11.5 Å². The maximum atomic E-state index is 13.7. The summed E-state index contributed by atoms with van der Waals surface area (Å²) in [7, 11) is 0. The van der Waals surface area contributed by atoms with Crippen LogP contribution in [0.25, 0.3) is 16.7 Å². The molecule has 0 aliphatic carbocycles. The molecule has 0 spiro atoms. The second-order valence-electron chi connectivity index (χ2n) is 7.99. The Bertz CT molecular complexity index is 1610. The monoisotopic (exact) mass is 459 g/mol. The molecule has 7 nitrogen and oxygen atoms in total. The summed E-state index contributed by atoms with van der Waals surface area (Å²) in [5.74, 6) is -1.49. The number of aryl methyl sites for hydroxylation is 1. The van der Waals surface area contributed by atoms with E-state index in [1.165, 1.54) is 33.3 Å². The molecule has 5 rings (SSSR count). The molecule has 1 N–H and O–H groups in total. The van der Waals surface area contributed by atoms with Crippen LogP contribution in [0.15, 0.2) is 71.5 Å². The van der Waals surface area contributed by atoms with Crippen LogP contribution in [0, 0.1) is 18.6 Å². The molecule has 0 atom stereocenters. The summed E-state index contributed by atoms with van der Waals surface area (Å²) in [5, 5.41) is 6.96. The highest BCUT2D eigenvalue weighted by molar-refractivity contribution is 5.91. The van der Waals surface area contributed by atoms with Crippen molar-refractivity contribution in [2.24, 2.45) is 0 Å². The van der Waals surface area contributed by atoms with Crippen LogP contribution in [0.3, 0.4) is 0 Å². The zero-order valence-electron chi connectivity index (χ0n) is 18.1. The molecule has 1 amide bonds. The molecule has 3 aromatic carbocycles. The molecule has 0 bridgehead atoms. The summed E-state index contributed by atoms with van der Waals surface area (Å²) < 4.78 is 29.7. The molecule has 2 aromatic heterocycles. The first kappa shape index (κ1) is 21.4. The van der Waals surface area contributed by atoms with Crippen LogP contribution in [0.1, 0.15) is 27.3 Å². The quantitative estimate of drug-likeness (QED) is 0.435. The van der Waals surface area contributed by atoms with Gasteiger partial charge in [0.1, 0.15) is 11.6 Å². The molecule has 0 saturated carbocycles. The topological polar surface area (TPSA) is 81.3 Å². The van der Waals surface area contributed by atoms with E-state index in [0.717, 1.165) is 5.56 Å². The lowest BCUT2D eigenvalue weighted by Gasteiger charge is -2.12. The van der Waals surface area contributed by atoms with Crippen molar-refractivity contribution in [3.63, 3.8) is 0 Å². The number of aromatic nitrogens is 4. The smallest absolute Gasteiger partial charge is 0.296 e. The second kappa shape index (κ2) is 8.51.